The first-order valence-electron chi connectivity index (χ1n) is 7.91. The molecule has 24 heavy (non-hydrogen) atoms. The summed E-state index contributed by atoms with van der Waals surface area (Å²) in [6.07, 6.45) is 0. The van der Waals surface area contributed by atoms with E-state index in [9.17, 15) is 0 Å². The summed E-state index contributed by atoms with van der Waals surface area (Å²) in [6, 6.07) is 23.1. The van der Waals surface area contributed by atoms with Crippen LogP contribution in [0.2, 0.25) is 0 Å². The van der Waals surface area contributed by atoms with Crippen LogP contribution in [0.3, 0.4) is 0 Å². The number of hydrogen-bond acceptors (Lipinski definition) is 3. The second kappa shape index (κ2) is 4.40. The van der Waals surface area contributed by atoms with Crippen LogP contribution >= 0.6 is 11.8 Å². The highest BCUT2D eigenvalue weighted by molar-refractivity contribution is 7.99. The zero-order chi connectivity index (χ0) is 15.7. The van der Waals surface area contributed by atoms with Crippen molar-refractivity contribution in [3.05, 3.63) is 66.7 Å². The highest BCUT2D eigenvalue weighted by atomic mass is 32.2. The average molecular weight is 325 g/mol. The van der Waals surface area contributed by atoms with E-state index in [-0.39, 0.29) is 0 Å². The van der Waals surface area contributed by atoms with Crippen LogP contribution < -0.4 is 0 Å². The van der Waals surface area contributed by atoms with E-state index in [2.05, 4.69) is 54.6 Å². The largest absolute Gasteiger partial charge is 0.438 e. The molecule has 3 aromatic carbocycles. The summed E-state index contributed by atoms with van der Waals surface area (Å²) in [6.45, 7) is 0. The van der Waals surface area contributed by atoms with Gasteiger partial charge in [-0.3, -0.25) is 0 Å². The van der Waals surface area contributed by atoms with Gasteiger partial charge in [-0.05, 0) is 23.6 Å². The monoisotopic (exact) mass is 325 g/mol. The van der Waals surface area contributed by atoms with E-state index in [1.54, 1.807) is 0 Å². The molecule has 5 aromatic rings. The summed E-state index contributed by atoms with van der Waals surface area (Å²) in [5, 5.41) is 4.71. The van der Waals surface area contributed by atoms with Gasteiger partial charge < -0.3 is 4.42 Å². The van der Waals surface area contributed by atoms with E-state index in [0.29, 0.717) is 0 Å². The molecule has 0 fully saturated rings. The third-order valence-corrected chi connectivity index (χ3v) is 5.82. The Balaban J connectivity index is 1.91. The molecule has 0 N–H and O–H groups in total. The van der Waals surface area contributed by atoms with E-state index < -0.39 is 0 Å². The van der Waals surface area contributed by atoms with Crippen molar-refractivity contribution in [3.63, 3.8) is 0 Å². The van der Waals surface area contributed by atoms with Crippen molar-refractivity contribution in [1.29, 1.82) is 0 Å². The minimum absolute atomic E-state index is 0.720. The van der Waals surface area contributed by atoms with Crippen LogP contribution in [0, 0.1) is 0 Å². The second-order valence-corrected chi connectivity index (χ2v) is 7.10. The summed E-state index contributed by atoms with van der Waals surface area (Å²) >= 11 is 1.82. The van der Waals surface area contributed by atoms with Crippen molar-refractivity contribution in [2.45, 2.75) is 9.79 Å². The molecular formula is C21H11NOS. The first kappa shape index (κ1) is 12.6. The number of para-hydroxylation sites is 1. The minimum atomic E-state index is 0.720. The first-order chi connectivity index (χ1) is 11.9. The molecule has 0 radical (unpaired) electrons. The van der Waals surface area contributed by atoms with Crippen LogP contribution in [0.1, 0.15) is 0 Å². The smallest absolute Gasteiger partial charge is 0.228 e. The molecule has 0 atom stereocenters. The van der Waals surface area contributed by atoms with E-state index in [1.165, 1.54) is 26.1 Å². The number of pyridine rings is 1. The molecule has 0 saturated carbocycles. The molecule has 1 aliphatic heterocycles. The number of nitrogens with zero attached hydrogens (tertiary/aromatic N) is 1. The normalized spacial score (nSPS) is 12.8. The summed E-state index contributed by atoms with van der Waals surface area (Å²) in [5.41, 5.74) is 3.83. The molecule has 6 rings (SSSR count). The topological polar surface area (TPSA) is 26.0 Å². The Kier molecular flexibility index (Phi) is 2.31. The lowest BCUT2D eigenvalue weighted by Crippen LogP contribution is -1.95. The number of hydrogen-bond donors (Lipinski definition) is 0. The predicted molar refractivity (Wildman–Crippen MR) is 98.6 cm³/mol. The maximum Gasteiger partial charge on any atom is 0.228 e. The van der Waals surface area contributed by atoms with Crippen LogP contribution in [0.4, 0.5) is 0 Å². The molecule has 0 saturated heterocycles. The molecule has 3 heterocycles. The fourth-order valence-corrected chi connectivity index (χ4v) is 4.78. The Bertz CT molecular complexity index is 1290. The predicted octanol–water partition coefficient (Wildman–Crippen LogP) is 6.27. The molecule has 0 amide bonds. The third-order valence-electron chi connectivity index (χ3n) is 4.68. The Morgan fingerprint density at radius 3 is 2.50 bits per heavy atom. The van der Waals surface area contributed by atoms with Crippen LogP contribution in [0.25, 0.3) is 44.1 Å². The lowest BCUT2D eigenvalue weighted by atomic mass is 10.00. The average Bonchev–Trinajstić information content (AvgIpc) is 3.00. The molecule has 3 heteroatoms. The van der Waals surface area contributed by atoms with Crippen LogP contribution in [-0.2, 0) is 0 Å². The van der Waals surface area contributed by atoms with Gasteiger partial charge in [0.2, 0.25) is 5.71 Å². The van der Waals surface area contributed by atoms with Gasteiger partial charge in [-0.15, -0.1) is 0 Å². The van der Waals surface area contributed by atoms with Gasteiger partial charge in [0.05, 0.1) is 11.1 Å². The number of furan rings is 1. The van der Waals surface area contributed by atoms with Crippen molar-refractivity contribution < 1.29 is 4.42 Å². The maximum absolute atomic E-state index is 6.06. The van der Waals surface area contributed by atoms with E-state index in [1.807, 2.05) is 23.9 Å². The van der Waals surface area contributed by atoms with E-state index >= 15 is 0 Å². The zero-order valence-corrected chi connectivity index (χ0v) is 13.4. The van der Waals surface area contributed by atoms with Gasteiger partial charge >= 0.3 is 0 Å². The Labute approximate surface area is 142 Å². The maximum atomic E-state index is 6.06. The first-order valence-corrected chi connectivity index (χ1v) is 8.73. The fraction of sp³-hybridized carbons (Fsp3) is 0. The molecule has 0 unspecified atom stereocenters. The Morgan fingerprint density at radius 1 is 0.708 bits per heavy atom. The van der Waals surface area contributed by atoms with E-state index in [4.69, 9.17) is 9.40 Å². The molecular weight excluding hydrogens is 314 g/mol. The quantitative estimate of drug-likeness (QED) is 0.329. The summed E-state index contributed by atoms with van der Waals surface area (Å²) in [4.78, 5) is 7.45. The summed E-state index contributed by atoms with van der Waals surface area (Å²) in [5.74, 6) is 0. The van der Waals surface area contributed by atoms with Crippen molar-refractivity contribution in [2.24, 2.45) is 0 Å². The number of rotatable bonds is 0. The van der Waals surface area contributed by atoms with E-state index in [0.717, 1.165) is 27.8 Å². The lowest BCUT2D eigenvalue weighted by Gasteiger charge is -2.19. The molecule has 112 valence electrons. The highest BCUT2D eigenvalue weighted by Gasteiger charge is 2.23. The summed E-state index contributed by atoms with van der Waals surface area (Å²) < 4.78 is 6.06. The Morgan fingerprint density at radius 2 is 1.50 bits per heavy atom. The molecule has 2 aromatic heterocycles. The molecule has 0 aliphatic carbocycles. The lowest BCUT2D eigenvalue weighted by molar-refractivity contribution is 0.655. The number of fused-ring (bicyclic) bond motifs is 6. The van der Waals surface area contributed by atoms with Gasteiger partial charge in [0.15, 0.2) is 0 Å². The summed E-state index contributed by atoms with van der Waals surface area (Å²) in [7, 11) is 0. The molecule has 0 bridgehead atoms. The van der Waals surface area contributed by atoms with Gasteiger partial charge in [0, 0.05) is 26.1 Å². The molecule has 1 aliphatic rings. The van der Waals surface area contributed by atoms with Crippen molar-refractivity contribution >= 4 is 44.6 Å². The van der Waals surface area contributed by atoms with Crippen molar-refractivity contribution in [2.75, 3.05) is 0 Å². The standard InChI is InChI=1S/C21H11NOS/c1-3-9-15-12(6-1)18-14-8-5-11-17-19(14)20(22-21(18)23-15)13-7-2-4-10-16(13)24-17/h1-11H. The minimum Gasteiger partial charge on any atom is -0.438 e. The second-order valence-electron chi connectivity index (χ2n) is 6.02. The van der Waals surface area contributed by atoms with Crippen molar-refractivity contribution in [1.82, 2.24) is 4.98 Å². The number of aromatic nitrogens is 1. The van der Waals surface area contributed by atoms with Crippen LogP contribution in [-0.4, -0.2) is 4.98 Å². The Hall–Kier alpha value is -2.78. The van der Waals surface area contributed by atoms with Gasteiger partial charge in [-0.1, -0.05) is 60.3 Å². The van der Waals surface area contributed by atoms with Gasteiger partial charge in [0.25, 0.3) is 0 Å². The molecule has 0 spiro atoms. The van der Waals surface area contributed by atoms with Crippen molar-refractivity contribution in [3.8, 4) is 11.3 Å². The third kappa shape index (κ3) is 1.50. The number of benzene rings is 3. The molecule has 2 nitrogen and oxygen atoms in total. The van der Waals surface area contributed by atoms with Crippen LogP contribution in [0.5, 0.6) is 0 Å². The van der Waals surface area contributed by atoms with Crippen LogP contribution in [0.15, 0.2) is 80.9 Å². The highest BCUT2D eigenvalue weighted by Crippen LogP contribution is 2.49. The van der Waals surface area contributed by atoms with Gasteiger partial charge in [-0.2, -0.15) is 0 Å². The van der Waals surface area contributed by atoms with Gasteiger partial charge in [-0.25, -0.2) is 4.98 Å². The zero-order valence-electron chi connectivity index (χ0n) is 12.6. The fourth-order valence-electron chi connectivity index (χ4n) is 3.66. The van der Waals surface area contributed by atoms with Gasteiger partial charge in [0.1, 0.15) is 5.58 Å². The SMILES string of the molecule is c1ccc2c(c1)Sc1cccc3c1c-2nc1oc2ccccc2c13.